The van der Waals surface area contributed by atoms with Crippen LogP contribution < -0.4 is 16.0 Å². The van der Waals surface area contributed by atoms with Crippen LogP contribution in [-0.4, -0.2) is 25.5 Å². The highest BCUT2D eigenvalue weighted by Crippen LogP contribution is 2.31. The van der Waals surface area contributed by atoms with Gasteiger partial charge in [0.05, 0.1) is 6.42 Å². The van der Waals surface area contributed by atoms with Gasteiger partial charge in [-0.25, -0.2) is 0 Å². The van der Waals surface area contributed by atoms with Gasteiger partial charge < -0.3 is 16.0 Å². The Balaban J connectivity index is 1.82. The summed E-state index contributed by atoms with van der Waals surface area (Å²) in [5.41, 5.74) is 9.65. The molecular formula is C15H21N3O. The second-order valence-corrected chi connectivity index (χ2v) is 5.60. The van der Waals surface area contributed by atoms with E-state index < -0.39 is 0 Å². The van der Waals surface area contributed by atoms with E-state index in [1.807, 2.05) is 13.1 Å². The molecule has 1 aromatic rings. The van der Waals surface area contributed by atoms with Gasteiger partial charge >= 0.3 is 0 Å². The number of rotatable bonds is 2. The van der Waals surface area contributed by atoms with E-state index in [2.05, 4.69) is 17.4 Å². The van der Waals surface area contributed by atoms with Crippen LogP contribution in [0.1, 0.15) is 36.4 Å². The lowest BCUT2D eigenvalue weighted by Crippen LogP contribution is -2.42. The third kappa shape index (κ3) is 2.26. The molecule has 102 valence electrons. The molecule has 19 heavy (non-hydrogen) atoms. The predicted molar refractivity (Wildman–Crippen MR) is 76.1 cm³/mol. The van der Waals surface area contributed by atoms with Gasteiger partial charge in [0.2, 0.25) is 5.91 Å². The Kier molecular flexibility index (Phi) is 3.29. The fraction of sp³-hybridized carbons (Fsp3) is 0.533. The van der Waals surface area contributed by atoms with Crippen LogP contribution in [0.4, 0.5) is 5.69 Å². The maximum absolute atomic E-state index is 11.7. The monoisotopic (exact) mass is 259 g/mol. The largest absolute Gasteiger partial charge is 0.323 e. The number of hydrogen-bond donors (Lipinski definition) is 2. The van der Waals surface area contributed by atoms with Gasteiger partial charge in [-0.15, -0.1) is 0 Å². The summed E-state index contributed by atoms with van der Waals surface area (Å²) >= 11 is 0. The fourth-order valence-corrected chi connectivity index (χ4v) is 3.12. The number of fused-ring (bicyclic) bond motifs is 1. The Morgan fingerprint density at radius 1 is 1.42 bits per heavy atom. The van der Waals surface area contributed by atoms with Crippen LogP contribution in [0.5, 0.6) is 0 Å². The van der Waals surface area contributed by atoms with Crippen LogP contribution in [0.2, 0.25) is 0 Å². The van der Waals surface area contributed by atoms with E-state index in [4.69, 9.17) is 5.73 Å². The molecule has 2 unspecified atom stereocenters. The lowest BCUT2D eigenvalue weighted by Gasteiger charge is -2.29. The normalized spacial score (nSPS) is 24.4. The van der Waals surface area contributed by atoms with E-state index in [1.54, 1.807) is 4.90 Å². The van der Waals surface area contributed by atoms with Crippen molar-refractivity contribution >= 4 is 11.6 Å². The van der Waals surface area contributed by atoms with Gasteiger partial charge in [0.15, 0.2) is 0 Å². The number of nitrogens with two attached hydrogens (primary N) is 1. The summed E-state index contributed by atoms with van der Waals surface area (Å²) in [5, 5.41) is 3.50. The zero-order valence-corrected chi connectivity index (χ0v) is 11.4. The minimum atomic E-state index is 0.0200. The van der Waals surface area contributed by atoms with Crippen molar-refractivity contribution in [3.05, 3.63) is 29.3 Å². The van der Waals surface area contributed by atoms with E-state index >= 15 is 0 Å². The minimum Gasteiger partial charge on any atom is -0.323 e. The van der Waals surface area contributed by atoms with Crippen LogP contribution in [0.3, 0.4) is 0 Å². The third-order valence-electron chi connectivity index (χ3n) is 4.35. The summed E-state index contributed by atoms with van der Waals surface area (Å²) in [6.45, 7) is 1.06. The topological polar surface area (TPSA) is 58.4 Å². The highest BCUT2D eigenvalue weighted by molar-refractivity contribution is 6.00. The van der Waals surface area contributed by atoms with Crippen LogP contribution >= 0.6 is 0 Å². The fourth-order valence-electron chi connectivity index (χ4n) is 3.12. The highest BCUT2D eigenvalue weighted by atomic mass is 16.2. The number of hydrogen-bond acceptors (Lipinski definition) is 3. The zero-order valence-electron chi connectivity index (χ0n) is 11.4. The molecule has 2 aliphatic heterocycles. The van der Waals surface area contributed by atoms with Gasteiger partial charge in [-0.1, -0.05) is 18.6 Å². The van der Waals surface area contributed by atoms with E-state index in [-0.39, 0.29) is 11.9 Å². The van der Waals surface area contributed by atoms with E-state index in [1.165, 1.54) is 12.8 Å². The molecule has 2 atom stereocenters. The SMILES string of the molecule is CN1C(=O)Cc2cc(C(N)C3CCCCN3)ccc21. The molecule has 1 saturated heterocycles. The molecule has 0 aliphatic carbocycles. The van der Waals surface area contributed by atoms with E-state index in [0.717, 1.165) is 29.8 Å². The van der Waals surface area contributed by atoms with E-state index in [9.17, 15) is 4.79 Å². The summed E-state index contributed by atoms with van der Waals surface area (Å²) < 4.78 is 0. The molecule has 2 heterocycles. The maximum atomic E-state index is 11.7. The van der Waals surface area contributed by atoms with Gasteiger partial charge in [0.25, 0.3) is 0 Å². The lowest BCUT2D eigenvalue weighted by molar-refractivity contribution is -0.117. The first-order valence-corrected chi connectivity index (χ1v) is 7.05. The third-order valence-corrected chi connectivity index (χ3v) is 4.35. The number of amides is 1. The summed E-state index contributed by atoms with van der Waals surface area (Å²) in [6, 6.07) is 6.58. The lowest BCUT2D eigenvalue weighted by atomic mass is 9.92. The van der Waals surface area contributed by atoms with Crippen molar-refractivity contribution in [3.63, 3.8) is 0 Å². The second-order valence-electron chi connectivity index (χ2n) is 5.60. The molecule has 4 heteroatoms. The van der Waals surface area contributed by atoms with Crippen LogP contribution in [0.25, 0.3) is 0 Å². The Morgan fingerprint density at radius 3 is 3.00 bits per heavy atom. The number of likely N-dealkylation sites (N-methyl/N-ethyl adjacent to an activating group) is 1. The summed E-state index contributed by atoms with van der Waals surface area (Å²) in [4.78, 5) is 13.4. The maximum Gasteiger partial charge on any atom is 0.231 e. The molecule has 3 rings (SSSR count). The van der Waals surface area contributed by atoms with Gasteiger partial charge in [0, 0.05) is 24.8 Å². The van der Waals surface area contributed by atoms with Gasteiger partial charge in [-0.2, -0.15) is 0 Å². The summed E-state index contributed by atoms with van der Waals surface area (Å²) in [7, 11) is 1.83. The molecule has 0 radical (unpaired) electrons. The molecule has 0 saturated carbocycles. The molecule has 1 amide bonds. The van der Waals surface area contributed by atoms with Gasteiger partial charge in [-0.3, -0.25) is 4.79 Å². The number of nitrogens with zero attached hydrogens (tertiary/aromatic N) is 1. The molecule has 1 aromatic carbocycles. The molecule has 0 spiro atoms. The van der Waals surface area contributed by atoms with Gasteiger partial charge in [0.1, 0.15) is 0 Å². The number of benzene rings is 1. The smallest absolute Gasteiger partial charge is 0.231 e. The molecule has 2 aliphatic rings. The van der Waals surface area contributed by atoms with Crippen molar-refractivity contribution < 1.29 is 4.79 Å². The number of nitrogens with one attached hydrogen (secondary N) is 1. The van der Waals surface area contributed by atoms with Crippen molar-refractivity contribution in [1.82, 2.24) is 5.32 Å². The Hall–Kier alpha value is -1.39. The Morgan fingerprint density at radius 2 is 2.26 bits per heavy atom. The van der Waals surface area contributed by atoms with Crippen LogP contribution in [-0.2, 0) is 11.2 Å². The zero-order chi connectivity index (χ0) is 13.4. The molecular weight excluding hydrogens is 238 g/mol. The second kappa shape index (κ2) is 4.94. The van der Waals surface area contributed by atoms with Crippen molar-refractivity contribution in [1.29, 1.82) is 0 Å². The Labute approximate surface area is 114 Å². The number of carbonyl (C=O) groups is 1. The molecule has 1 fully saturated rings. The molecule has 0 aromatic heterocycles. The molecule has 3 N–H and O–H groups in total. The average molecular weight is 259 g/mol. The number of piperidine rings is 1. The van der Waals surface area contributed by atoms with Crippen LogP contribution in [0.15, 0.2) is 18.2 Å². The van der Waals surface area contributed by atoms with Crippen molar-refractivity contribution in [2.75, 3.05) is 18.5 Å². The average Bonchev–Trinajstić information content (AvgIpc) is 2.74. The summed E-state index contributed by atoms with van der Waals surface area (Å²) in [6.07, 6.45) is 4.13. The van der Waals surface area contributed by atoms with Crippen molar-refractivity contribution in [2.24, 2.45) is 5.73 Å². The number of carbonyl (C=O) groups excluding carboxylic acids is 1. The predicted octanol–water partition coefficient (Wildman–Crippen LogP) is 1.35. The number of anilines is 1. The van der Waals surface area contributed by atoms with Crippen molar-refractivity contribution in [3.8, 4) is 0 Å². The summed E-state index contributed by atoms with van der Waals surface area (Å²) in [5.74, 6) is 0.163. The standard InChI is InChI=1S/C15H21N3O/c1-18-13-6-5-10(8-11(13)9-14(18)19)15(16)12-4-2-3-7-17-12/h5-6,8,12,15,17H,2-4,7,9,16H2,1H3. The molecule has 4 nitrogen and oxygen atoms in total. The minimum absolute atomic E-state index is 0.0200. The van der Waals surface area contributed by atoms with Crippen molar-refractivity contribution in [2.45, 2.75) is 37.8 Å². The quantitative estimate of drug-likeness (QED) is 0.843. The van der Waals surface area contributed by atoms with Gasteiger partial charge in [-0.05, 0) is 36.6 Å². The molecule has 0 bridgehead atoms. The first kappa shape index (κ1) is 12.6. The first-order chi connectivity index (χ1) is 9.16. The first-order valence-electron chi connectivity index (χ1n) is 7.05. The Bertz CT molecular complexity index is 494. The highest BCUT2D eigenvalue weighted by Gasteiger charge is 2.26. The van der Waals surface area contributed by atoms with Crippen LogP contribution in [0, 0.1) is 0 Å². The van der Waals surface area contributed by atoms with E-state index in [0.29, 0.717) is 12.5 Å².